The lowest BCUT2D eigenvalue weighted by atomic mass is 9.97. The normalized spacial score (nSPS) is 20.0. The first-order valence-corrected chi connectivity index (χ1v) is 11.2. The number of rotatable bonds is 0. The number of fused-ring (bicyclic) bond motifs is 10. The molecule has 1 aliphatic heterocycles. The van der Waals surface area contributed by atoms with Crippen LogP contribution < -0.4 is 5.32 Å². The van der Waals surface area contributed by atoms with E-state index in [1.165, 1.54) is 0 Å². The monoisotopic (exact) mass is 461 g/mol. The van der Waals surface area contributed by atoms with Crippen LogP contribution in [0, 0.1) is 0 Å². The number of carbonyl (C=O) groups excluding carboxylic acids is 2. The fraction of sp³-hybridized carbons (Fsp3) is 0.200. The van der Waals surface area contributed by atoms with Crippen LogP contribution in [0.25, 0.3) is 43.6 Å². The van der Waals surface area contributed by atoms with Crippen LogP contribution in [0.15, 0.2) is 42.5 Å². The minimum absolute atomic E-state index is 0.357. The number of hydrogen-bond donors (Lipinski definition) is 5. The van der Waals surface area contributed by atoms with Gasteiger partial charge in [0.05, 0.1) is 34.4 Å². The molecule has 5 aromatic rings. The number of aliphatic hydroxyl groups excluding tert-OH is 2. The molecule has 2 atom stereocenters. The number of amides is 2. The molecule has 8 heteroatoms. The van der Waals surface area contributed by atoms with E-state index in [0.717, 1.165) is 62.9 Å². The number of aliphatic hydroxyl groups is 2. The van der Waals surface area contributed by atoms with Gasteiger partial charge < -0.3 is 20.2 Å². The molecule has 7 nitrogen and oxygen atoms in total. The molecule has 0 radical (unpaired) electrons. The zero-order valence-electron chi connectivity index (χ0n) is 17.4. The van der Waals surface area contributed by atoms with Crippen molar-refractivity contribution in [3.63, 3.8) is 0 Å². The zero-order chi connectivity index (χ0) is 22.9. The highest BCUT2D eigenvalue weighted by Gasteiger charge is 2.34. The van der Waals surface area contributed by atoms with Crippen molar-refractivity contribution in [3.05, 3.63) is 58.6 Å². The molecular weight excluding hydrogens is 442 g/mol. The van der Waals surface area contributed by atoms with Gasteiger partial charge in [0, 0.05) is 37.6 Å². The number of imide groups is 1. The molecule has 1 saturated carbocycles. The lowest BCUT2D eigenvalue weighted by Gasteiger charge is -2.03. The summed E-state index contributed by atoms with van der Waals surface area (Å²) < 4.78 is 0. The Hall–Kier alpha value is -3.39. The first kappa shape index (κ1) is 20.2. The third-order valence-electron chi connectivity index (χ3n) is 6.59. The van der Waals surface area contributed by atoms with Gasteiger partial charge >= 0.3 is 0 Å². The van der Waals surface area contributed by atoms with E-state index in [1.54, 1.807) is 6.07 Å². The molecule has 0 saturated heterocycles. The van der Waals surface area contributed by atoms with E-state index in [-0.39, 0.29) is 11.8 Å². The van der Waals surface area contributed by atoms with Gasteiger partial charge in [-0.05, 0) is 37.5 Å². The average Bonchev–Trinajstić information content (AvgIpc) is 3.52. The number of carbonyl (C=O) groups is 2. The van der Waals surface area contributed by atoms with Crippen LogP contribution in [-0.4, -0.2) is 44.2 Å². The number of halogens is 1. The fourth-order valence-electron chi connectivity index (χ4n) is 5.06. The van der Waals surface area contributed by atoms with Crippen LogP contribution in [0.5, 0.6) is 0 Å². The summed E-state index contributed by atoms with van der Waals surface area (Å²) >= 11 is 6.14. The van der Waals surface area contributed by atoms with Crippen molar-refractivity contribution in [2.45, 2.75) is 31.5 Å². The second-order valence-electron chi connectivity index (χ2n) is 8.58. The Kier molecular flexibility index (Phi) is 4.48. The molecule has 7 rings (SSSR count). The van der Waals surface area contributed by atoms with Gasteiger partial charge in [-0.15, -0.1) is 0 Å². The molecule has 0 bridgehead atoms. The maximum atomic E-state index is 12.6. The van der Waals surface area contributed by atoms with Gasteiger partial charge in [0.2, 0.25) is 0 Å². The summed E-state index contributed by atoms with van der Waals surface area (Å²) in [5.41, 5.74) is 4.23. The lowest BCUT2D eigenvalue weighted by molar-refractivity contribution is 0.0438. The average molecular weight is 462 g/mol. The molecular formula is C25H20ClN3O4. The quantitative estimate of drug-likeness (QED) is 0.220. The first-order valence-electron chi connectivity index (χ1n) is 10.8. The second-order valence-corrected chi connectivity index (χ2v) is 9.02. The van der Waals surface area contributed by atoms with Gasteiger partial charge in [-0.25, -0.2) is 0 Å². The summed E-state index contributed by atoms with van der Waals surface area (Å²) in [4.78, 5) is 32.0. The molecule has 0 spiro atoms. The summed E-state index contributed by atoms with van der Waals surface area (Å²) in [6.07, 6.45) is 1.67. The Balaban J connectivity index is 0.000000255. The standard InChI is InChI=1S/C20H10ClN3O2.C5H10O2/c21-8-5-6-10-12(7-8)23-18-14(10)16-15(19(25)24-20(16)26)13-9-3-1-2-4-11(9)22-17(13)18;6-4-2-1-3-5(4)7/h1-7,22-23H,(H,24,25,26);4-7H,1-3H2. The maximum absolute atomic E-state index is 12.6. The highest BCUT2D eigenvalue weighted by atomic mass is 35.5. The summed E-state index contributed by atoms with van der Waals surface area (Å²) in [7, 11) is 0. The number of para-hydroxylation sites is 1. The molecule has 166 valence electrons. The van der Waals surface area contributed by atoms with E-state index in [4.69, 9.17) is 21.8 Å². The summed E-state index contributed by atoms with van der Waals surface area (Å²) in [6, 6.07) is 13.3. The van der Waals surface area contributed by atoms with Crippen LogP contribution in [0.3, 0.4) is 0 Å². The van der Waals surface area contributed by atoms with Crippen molar-refractivity contribution in [2.75, 3.05) is 0 Å². The summed E-state index contributed by atoms with van der Waals surface area (Å²) in [5, 5.41) is 23.9. The molecule has 3 heterocycles. The zero-order valence-corrected chi connectivity index (χ0v) is 18.2. The Morgan fingerprint density at radius 2 is 1.36 bits per heavy atom. The van der Waals surface area contributed by atoms with Crippen LogP contribution in [0.4, 0.5) is 0 Å². The Morgan fingerprint density at radius 3 is 1.97 bits per heavy atom. The van der Waals surface area contributed by atoms with Gasteiger partial charge in [-0.2, -0.15) is 0 Å². The van der Waals surface area contributed by atoms with E-state index in [1.807, 2.05) is 36.4 Å². The van der Waals surface area contributed by atoms with Gasteiger partial charge in [-0.1, -0.05) is 35.9 Å². The Morgan fingerprint density at radius 1 is 0.788 bits per heavy atom. The van der Waals surface area contributed by atoms with Crippen LogP contribution in [-0.2, 0) is 0 Å². The molecule has 3 aromatic carbocycles. The molecule has 2 amide bonds. The van der Waals surface area contributed by atoms with E-state index in [0.29, 0.717) is 16.1 Å². The minimum atomic E-state index is -0.431. The molecule has 2 unspecified atom stereocenters. The van der Waals surface area contributed by atoms with Crippen molar-refractivity contribution in [3.8, 4) is 0 Å². The van der Waals surface area contributed by atoms with Crippen LogP contribution in [0.2, 0.25) is 5.02 Å². The number of H-pyrrole nitrogens is 2. The largest absolute Gasteiger partial charge is 0.390 e. The number of aromatic amines is 2. The third kappa shape index (κ3) is 2.97. The fourth-order valence-corrected chi connectivity index (χ4v) is 5.23. The van der Waals surface area contributed by atoms with Crippen LogP contribution in [0.1, 0.15) is 40.0 Å². The van der Waals surface area contributed by atoms with Crippen LogP contribution >= 0.6 is 11.6 Å². The minimum Gasteiger partial charge on any atom is -0.390 e. The van der Waals surface area contributed by atoms with Crippen molar-refractivity contribution in [1.29, 1.82) is 0 Å². The first-order chi connectivity index (χ1) is 15.9. The molecule has 2 aliphatic rings. The van der Waals surface area contributed by atoms with E-state index in [9.17, 15) is 9.59 Å². The molecule has 33 heavy (non-hydrogen) atoms. The number of hydrogen-bond acceptors (Lipinski definition) is 4. The summed E-state index contributed by atoms with van der Waals surface area (Å²) in [6.45, 7) is 0. The Labute approximate surface area is 192 Å². The molecule has 5 N–H and O–H groups in total. The van der Waals surface area contributed by atoms with Gasteiger partial charge in [0.15, 0.2) is 0 Å². The van der Waals surface area contributed by atoms with Gasteiger partial charge in [0.1, 0.15) is 0 Å². The number of nitrogens with one attached hydrogen (secondary N) is 3. The molecule has 2 aromatic heterocycles. The number of aromatic nitrogens is 2. The SMILES string of the molecule is O=C1NC(=O)c2c1c1c3ccccc3[nH]c1c1[nH]c3cc(Cl)ccc3c21.OC1CCCC1O. The van der Waals surface area contributed by atoms with Gasteiger partial charge in [0.25, 0.3) is 11.8 Å². The lowest BCUT2D eigenvalue weighted by Crippen LogP contribution is -2.20. The van der Waals surface area contributed by atoms with Crippen molar-refractivity contribution < 1.29 is 19.8 Å². The maximum Gasteiger partial charge on any atom is 0.259 e. The number of benzene rings is 3. The third-order valence-corrected chi connectivity index (χ3v) is 6.83. The van der Waals surface area contributed by atoms with E-state index < -0.39 is 12.2 Å². The van der Waals surface area contributed by atoms with Crippen molar-refractivity contribution >= 4 is 67.0 Å². The summed E-state index contributed by atoms with van der Waals surface area (Å²) in [5.74, 6) is -0.719. The van der Waals surface area contributed by atoms with Crippen molar-refractivity contribution in [1.82, 2.24) is 15.3 Å². The smallest absolute Gasteiger partial charge is 0.259 e. The predicted molar refractivity (Wildman–Crippen MR) is 128 cm³/mol. The predicted octanol–water partition coefficient (Wildman–Crippen LogP) is 4.38. The highest BCUT2D eigenvalue weighted by Crippen LogP contribution is 2.42. The van der Waals surface area contributed by atoms with Crippen molar-refractivity contribution in [2.24, 2.45) is 0 Å². The van der Waals surface area contributed by atoms with Gasteiger partial charge in [-0.3, -0.25) is 14.9 Å². The molecule has 1 aliphatic carbocycles. The van der Waals surface area contributed by atoms with E-state index in [2.05, 4.69) is 15.3 Å². The Bertz CT molecular complexity index is 1610. The van der Waals surface area contributed by atoms with E-state index >= 15 is 0 Å². The second kappa shape index (κ2) is 7.31. The molecule has 1 fully saturated rings. The highest BCUT2D eigenvalue weighted by molar-refractivity contribution is 6.39. The topological polar surface area (TPSA) is 118 Å².